The molecule has 0 saturated carbocycles. The molecule has 0 spiro atoms. The van der Waals surface area contributed by atoms with Crippen molar-refractivity contribution in [3.63, 3.8) is 0 Å². The topological polar surface area (TPSA) is 100 Å². The Hall–Kier alpha value is -3.81. The van der Waals surface area contributed by atoms with Gasteiger partial charge in [0.2, 0.25) is 5.91 Å². The summed E-state index contributed by atoms with van der Waals surface area (Å²) >= 11 is 0. The van der Waals surface area contributed by atoms with Gasteiger partial charge in [0.1, 0.15) is 0 Å². The summed E-state index contributed by atoms with van der Waals surface area (Å²) in [5, 5.41) is 2.58. The van der Waals surface area contributed by atoms with Crippen LogP contribution in [0.5, 0.6) is 11.5 Å². The summed E-state index contributed by atoms with van der Waals surface area (Å²) in [5.41, 5.74) is 1.11. The maximum Gasteiger partial charge on any atom is 0.339 e. The Morgan fingerprint density at radius 1 is 0.828 bits per heavy atom. The van der Waals surface area contributed by atoms with Crippen LogP contribution in [-0.2, 0) is 14.3 Å². The number of nitrogens with one attached hydrogen (secondary N) is 1. The minimum Gasteiger partial charge on any atom is -0.493 e. The molecule has 0 atom stereocenters. The van der Waals surface area contributed by atoms with Crippen molar-refractivity contribution in [3.8, 4) is 11.5 Å². The molecule has 152 valence electrons. The molecule has 8 nitrogen and oxygen atoms in total. The lowest BCUT2D eigenvalue weighted by atomic mass is 10.1. The van der Waals surface area contributed by atoms with Gasteiger partial charge in [-0.3, -0.25) is 4.79 Å². The Kier molecular flexibility index (Phi) is 7.36. The molecule has 0 unspecified atom stereocenters. The fraction of sp³-hybridized carbons (Fsp3) is 0.190. The molecule has 2 aromatic rings. The van der Waals surface area contributed by atoms with Crippen LogP contribution in [0.2, 0.25) is 0 Å². The van der Waals surface area contributed by atoms with E-state index in [-0.39, 0.29) is 16.8 Å². The van der Waals surface area contributed by atoms with Crippen LogP contribution in [0.25, 0.3) is 6.08 Å². The van der Waals surface area contributed by atoms with Gasteiger partial charge in [-0.1, -0.05) is 6.07 Å². The summed E-state index contributed by atoms with van der Waals surface area (Å²) in [7, 11) is 5.50. The molecule has 0 fully saturated rings. The highest BCUT2D eigenvalue weighted by Gasteiger charge is 2.16. The standard InChI is InChI=1S/C21H21NO7/c1-26-17-9-5-13(11-18(17)27-2)6-10-19(23)22-16-12-14(20(24)28-3)7-8-15(16)21(25)29-4/h5-12H,1-4H3,(H,22,23). The zero-order chi connectivity index (χ0) is 21.4. The van der Waals surface area contributed by atoms with Gasteiger partial charge in [0, 0.05) is 6.08 Å². The number of hydrogen-bond acceptors (Lipinski definition) is 7. The minimum atomic E-state index is -0.652. The van der Waals surface area contributed by atoms with Gasteiger partial charge in [-0.2, -0.15) is 0 Å². The van der Waals surface area contributed by atoms with Gasteiger partial charge in [0.05, 0.1) is 45.3 Å². The minimum absolute atomic E-state index is 0.105. The Labute approximate surface area is 168 Å². The van der Waals surface area contributed by atoms with Crippen LogP contribution in [0, 0.1) is 0 Å². The number of benzene rings is 2. The molecule has 0 saturated heterocycles. The molecule has 2 aromatic carbocycles. The van der Waals surface area contributed by atoms with Gasteiger partial charge in [-0.15, -0.1) is 0 Å². The molecular weight excluding hydrogens is 378 g/mol. The highest BCUT2D eigenvalue weighted by molar-refractivity contribution is 6.07. The molecule has 2 rings (SSSR count). The summed E-state index contributed by atoms with van der Waals surface area (Å²) in [5.74, 6) is -0.671. The number of carbonyl (C=O) groups excluding carboxylic acids is 3. The summed E-state index contributed by atoms with van der Waals surface area (Å²) in [4.78, 5) is 36.0. The number of amides is 1. The van der Waals surface area contributed by atoms with E-state index in [0.717, 1.165) is 0 Å². The Bertz CT molecular complexity index is 950. The normalized spacial score (nSPS) is 10.3. The van der Waals surface area contributed by atoms with Gasteiger partial charge >= 0.3 is 11.9 Å². The SMILES string of the molecule is COC(=O)c1ccc(C(=O)OC)c(NC(=O)C=Cc2ccc(OC)c(OC)c2)c1. The van der Waals surface area contributed by atoms with E-state index in [1.54, 1.807) is 24.3 Å². The van der Waals surface area contributed by atoms with Crippen LogP contribution >= 0.6 is 0 Å². The van der Waals surface area contributed by atoms with Gasteiger partial charge in [-0.05, 0) is 42.0 Å². The number of esters is 2. The number of carbonyl (C=O) groups is 3. The molecule has 0 aliphatic carbocycles. The quantitative estimate of drug-likeness (QED) is 0.564. The first-order valence-electron chi connectivity index (χ1n) is 8.45. The second kappa shape index (κ2) is 9.93. The summed E-state index contributed by atoms with van der Waals surface area (Å²) in [6, 6.07) is 9.31. The van der Waals surface area contributed by atoms with Crippen molar-refractivity contribution in [1.29, 1.82) is 0 Å². The van der Waals surface area contributed by atoms with E-state index in [1.807, 2.05) is 0 Å². The van der Waals surface area contributed by atoms with E-state index < -0.39 is 17.8 Å². The molecule has 0 heterocycles. The van der Waals surface area contributed by atoms with E-state index in [4.69, 9.17) is 14.2 Å². The van der Waals surface area contributed by atoms with Crippen molar-refractivity contribution in [2.75, 3.05) is 33.8 Å². The van der Waals surface area contributed by atoms with Crippen molar-refractivity contribution in [2.45, 2.75) is 0 Å². The zero-order valence-electron chi connectivity index (χ0n) is 16.5. The lowest BCUT2D eigenvalue weighted by Gasteiger charge is -2.10. The number of methoxy groups -OCH3 is 4. The first-order chi connectivity index (χ1) is 13.9. The average molecular weight is 399 g/mol. The van der Waals surface area contributed by atoms with Gasteiger partial charge in [0.25, 0.3) is 0 Å². The predicted molar refractivity (Wildman–Crippen MR) is 106 cm³/mol. The van der Waals surface area contributed by atoms with Crippen LogP contribution in [0.15, 0.2) is 42.5 Å². The third-order valence-corrected chi connectivity index (χ3v) is 3.94. The van der Waals surface area contributed by atoms with E-state index in [1.165, 1.54) is 52.7 Å². The maximum atomic E-state index is 12.4. The van der Waals surface area contributed by atoms with Crippen molar-refractivity contribution < 1.29 is 33.3 Å². The van der Waals surface area contributed by atoms with E-state index in [0.29, 0.717) is 17.1 Å². The van der Waals surface area contributed by atoms with E-state index >= 15 is 0 Å². The zero-order valence-corrected chi connectivity index (χ0v) is 16.5. The molecule has 1 amide bonds. The summed E-state index contributed by atoms with van der Waals surface area (Å²) < 4.78 is 19.8. The fourth-order valence-electron chi connectivity index (χ4n) is 2.48. The van der Waals surface area contributed by atoms with Crippen molar-refractivity contribution in [3.05, 3.63) is 59.2 Å². The van der Waals surface area contributed by atoms with Gasteiger partial charge < -0.3 is 24.3 Å². The first-order valence-corrected chi connectivity index (χ1v) is 8.45. The van der Waals surface area contributed by atoms with Gasteiger partial charge in [-0.25, -0.2) is 9.59 Å². The average Bonchev–Trinajstić information content (AvgIpc) is 2.76. The molecule has 0 aliphatic heterocycles. The monoisotopic (exact) mass is 399 g/mol. The highest BCUT2D eigenvalue weighted by Crippen LogP contribution is 2.28. The lowest BCUT2D eigenvalue weighted by Crippen LogP contribution is -2.14. The molecule has 0 radical (unpaired) electrons. The third kappa shape index (κ3) is 5.35. The van der Waals surface area contributed by atoms with Crippen LogP contribution in [0.3, 0.4) is 0 Å². The second-order valence-electron chi connectivity index (χ2n) is 5.68. The molecule has 0 aromatic heterocycles. The maximum absolute atomic E-state index is 12.4. The summed E-state index contributed by atoms with van der Waals surface area (Å²) in [6.45, 7) is 0. The molecule has 0 aliphatic rings. The third-order valence-electron chi connectivity index (χ3n) is 3.94. The molecule has 1 N–H and O–H groups in total. The fourth-order valence-corrected chi connectivity index (χ4v) is 2.48. The predicted octanol–water partition coefficient (Wildman–Crippen LogP) is 2.93. The van der Waals surface area contributed by atoms with Crippen molar-refractivity contribution in [1.82, 2.24) is 0 Å². The smallest absolute Gasteiger partial charge is 0.339 e. The largest absolute Gasteiger partial charge is 0.493 e. The molecule has 0 bridgehead atoms. The number of anilines is 1. The number of rotatable bonds is 7. The van der Waals surface area contributed by atoms with Crippen molar-refractivity contribution >= 4 is 29.6 Å². The van der Waals surface area contributed by atoms with Crippen LogP contribution in [0.1, 0.15) is 26.3 Å². The molecule has 29 heavy (non-hydrogen) atoms. The highest BCUT2D eigenvalue weighted by atomic mass is 16.5. The Morgan fingerprint density at radius 2 is 1.52 bits per heavy atom. The Morgan fingerprint density at radius 3 is 2.14 bits per heavy atom. The van der Waals surface area contributed by atoms with Crippen molar-refractivity contribution in [2.24, 2.45) is 0 Å². The number of ether oxygens (including phenoxy) is 4. The lowest BCUT2D eigenvalue weighted by molar-refractivity contribution is -0.111. The first kappa shape index (κ1) is 21.5. The van der Waals surface area contributed by atoms with Crippen LogP contribution in [-0.4, -0.2) is 46.3 Å². The summed E-state index contributed by atoms with van der Waals surface area (Å²) in [6.07, 6.45) is 2.85. The van der Waals surface area contributed by atoms with Gasteiger partial charge in [0.15, 0.2) is 11.5 Å². The van der Waals surface area contributed by atoms with E-state index in [2.05, 4.69) is 10.1 Å². The molecular formula is C21H21NO7. The van der Waals surface area contributed by atoms with Crippen LogP contribution < -0.4 is 14.8 Å². The van der Waals surface area contributed by atoms with E-state index in [9.17, 15) is 14.4 Å². The second-order valence-corrected chi connectivity index (χ2v) is 5.68. The van der Waals surface area contributed by atoms with Crippen LogP contribution in [0.4, 0.5) is 5.69 Å². The Balaban J connectivity index is 2.26. The molecule has 8 heteroatoms. The number of hydrogen-bond donors (Lipinski definition) is 1.